The van der Waals surface area contributed by atoms with Crippen LogP contribution in [0.15, 0.2) is 30.3 Å². The zero-order valence-corrected chi connectivity index (χ0v) is 12.5. The quantitative estimate of drug-likeness (QED) is 0.838. The third-order valence-electron chi connectivity index (χ3n) is 4.12. The van der Waals surface area contributed by atoms with E-state index < -0.39 is 11.4 Å². The summed E-state index contributed by atoms with van der Waals surface area (Å²) in [5, 5.41) is 11.9. The van der Waals surface area contributed by atoms with E-state index in [-0.39, 0.29) is 24.8 Å². The Balaban J connectivity index is 1.86. The number of amides is 2. The predicted octanol–water partition coefficient (Wildman–Crippen LogP) is 1.73. The third kappa shape index (κ3) is 3.63. The van der Waals surface area contributed by atoms with E-state index in [0.29, 0.717) is 18.5 Å². The smallest absolute Gasteiger partial charge is 0.310 e. The number of carbonyl (C=O) groups is 3. The number of carboxylic acid groups (broad SMARTS) is 1. The van der Waals surface area contributed by atoms with Crippen LogP contribution in [0.2, 0.25) is 0 Å². The van der Waals surface area contributed by atoms with Crippen LogP contribution in [0.4, 0.5) is 5.69 Å². The lowest BCUT2D eigenvalue weighted by molar-refractivity contribution is -0.159. The first-order valence-electron chi connectivity index (χ1n) is 7.25. The molecular weight excluding hydrogens is 284 g/mol. The maximum atomic E-state index is 12.1. The number of anilines is 1. The van der Waals surface area contributed by atoms with Gasteiger partial charge in [0.2, 0.25) is 11.8 Å². The highest BCUT2D eigenvalue weighted by Gasteiger charge is 2.46. The summed E-state index contributed by atoms with van der Waals surface area (Å²) in [7, 11) is 1.52. The Morgan fingerprint density at radius 1 is 1.23 bits per heavy atom. The highest BCUT2D eigenvalue weighted by atomic mass is 16.4. The Kier molecular flexibility index (Phi) is 4.80. The monoisotopic (exact) mass is 304 g/mol. The molecule has 2 rings (SSSR count). The standard InChI is InChI=1S/C16H20N2O4/c1-18(11-13(19)17-12-6-3-2-4-7-12)14(20)10-16(15(21)22)8-5-9-16/h2-4,6-7H,5,8-11H2,1H3,(H,17,19)(H,21,22). The summed E-state index contributed by atoms with van der Waals surface area (Å²) >= 11 is 0. The zero-order valence-electron chi connectivity index (χ0n) is 12.5. The highest BCUT2D eigenvalue weighted by Crippen LogP contribution is 2.44. The molecule has 1 saturated carbocycles. The molecule has 6 nitrogen and oxygen atoms in total. The molecule has 0 heterocycles. The summed E-state index contributed by atoms with van der Waals surface area (Å²) in [5.74, 6) is -1.54. The average molecular weight is 304 g/mol. The number of hydrogen-bond acceptors (Lipinski definition) is 3. The van der Waals surface area contributed by atoms with Crippen LogP contribution in [0.1, 0.15) is 25.7 Å². The van der Waals surface area contributed by atoms with Crippen LogP contribution in [0.25, 0.3) is 0 Å². The zero-order chi connectivity index (χ0) is 16.2. The van der Waals surface area contributed by atoms with E-state index in [2.05, 4.69) is 5.32 Å². The minimum absolute atomic E-state index is 0.0442. The number of nitrogens with zero attached hydrogens (tertiary/aromatic N) is 1. The van der Waals surface area contributed by atoms with Crippen molar-refractivity contribution in [2.45, 2.75) is 25.7 Å². The first-order chi connectivity index (χ1) is 10.4. The summed E-state index contributed by atoms with van der Waals surface area (Å²) in [4.78, 5) is 36.6. The number of rotatable bonds is 6. The van der Waals surface area contributed by atoms with Crippen LogP contribution in [0.5, 0.6) is 0 Å². The number of para-hydroxylation sites is 1. The van der Waals surface area contributed by atoms with Crippen molar-refractivity contribution in [3.8, 4) is 0 Å². The molecule has 1 aliphatic carbocycles. The first-order valence-corrected chi connectivity index (χ1v) is 7.25. The summed E-state index contributed by atoms with van der Waals surface area (Å²) in [6, 6.07) is 8.96. The molecule has 0 saturated heterocycles. The molecule has 1 aromatic carbocycles. The van der Waals surface area contributed by atoms with Gasteiger partial charge in [-0.05, 0) is 25.0 Å². The van der Waals surface area contributed by atoms with Crippen LogP contribution >= 0.6 is 0 Å². The van der Waals surface area contributed by atoms with E-state index in [1.165, 1.54) is 11.9 Å². The van der Waals surface area contributed by atoms with Gasteiger partial charge in [0.15, 0.2) is 0 Å². The van der Waals surface area contributed by atoms with Crippen molar-refractivity contribution >= 4 is 23.5 Å². The number of carbonyl (C=O) groups excluding carboxylic acids is 2. The minimum Gasteiger partial charge on any atom is -0.481 e. The molecule has 0 spiro atoms. The maximum absolute atomic E-state index is 12.1. The van der Waals surface area contributed by atoms with Gasteiger partial charge in [0.25, 0.3) is 0 Å². The maximum Gasteiger partial charge on any atom is 0.310 e. The van der Waals surface area contributed by atoms with Crippen LogP contribution in [0, 0.1) is 5.41 Å². The Labute approximate surface area is 129 Å². The van der Waals surface area contributed by atoms with Crippen LogP contribution in [0.3, 0.4) is 0 Å². The average Bonchev–Trinajstić information content (AvgIpc) is 2.43. The largest absolute Gasteiger partial charge is 0.481 e. The van der Waals surface area contributed by atoms with Gasteiger partial charge in [-0.15, -0.1) is 0 Å². The molecular formula is C16H20N2O4. The van der Waals surface area contributed by atoms with Crippen molar-refractivity contribution in [3.05, 3.63) is 30.3 Å². The van der Waals surface area contributed by atoms with E-state index in [1.54, 1.807) is 24.3 Å². The number of likely N-dealkylation sites (N-methyl/N-ethyl adjacent to an activating group) is 1. The van der Waals surface area contributed by atoms with Crippen molar-refractivity contribution in [2.75, 3.05) is 18.9 Å². The summed E-state index contributed by atoms with van der Waals surface area (Å²) in [6.45, 7) is -0.0938. The molecule has 22 heavy (non-hydrogen) atoms. The first kappa shape index (κ1) is 16.0. The van der Waals surface area contributed by atoms with E-state index in [9.17, 15) is 19.5 Å². The number of hydrogen-bond donors (Lipinski definition) is 2. The second-order valence-corrected chi connectivity index (χ2v) is 5.78. The van der Waals surface area contributed by atoms with Crippen molar-refractivity contribution < 1.29 is 19.5 Å². The molecule has 0 aliphatic heterocycles. The minimum atomic E-state index is -0.929. The Hall–Kier alpha value is -2.37. The van der Waals surface area contributed by atoms with Gasteiger partial charge in [0.1, 0.15) is 0 Å². The molecule has 1 aliphatic rings. The third-order valence-corrected chi connectivity index (χ3v) is 4.12. The van der Waals surface area contributed by atoms with Gasteiger partial charge in [-0.3, -0.25) is 14.4 Å². The SMILES string of the molecule is CN(CC(=O)Nc1ccccc1)C(=O)CC1(C(=O)O)CCC1. The van der Waals surface area contributed by atoms with Crippen molar-refractivity contribution in [3.63, 3.8) is 0 Å². The predicted molar refractivity (Wildman–Crippen MR) is 81.2 cm³/mol. The van der Waals surface area contributed by atoms with Crippen molar-refractivity contribution in [1.82, 2.24) is 4.90 Å². The fourth-order valence-electron chi connectivity index (χ4n) is 2.52. The highest BCUT2D eigenvalue weighted by molar-refractivity contribution is 5.95. The Morgan fingerprint density at radius 3 is 2.36 bits per heavy atom. The van der Waals surface area contributed by atoms with Crippen LogP contribution in [-0.2, 0) is 14.4 Å². The number of nitrogens with one attached hydrogen (secondary N) is 1. The molecule has 2 amide bonds. The topological polar surface area (TPSA) is 86.7 Å². The molecule has 118 valence electrons. The van der Waals surface area contributed by atoms with Crippen LogP contribution < -0.4 is 5.32 Å². The lowest BCUT2D eigenvalue weighted by atomic mass is 9.66. The molecule has 6 heteroatoms. The lowest BCUT2D eigenvalue weighted by Gasteiger charge is -2.37. The van der Waals surface area contributed by atoms with Gasteiger partial charge in [0.05, 0.1) is 12.0 Å². The number of aliphatic carboxylic acids is 1. The van der Waals surface area contributed by atoms with Crippen LogP contribution in [-0.4, -0.2) is 41.4 Å². The molecule has 2 N–H and O–H groups in total. The lowest BCUT2D eigenvalue weighted by Crippen LogP contribution is -2.44. The van der Waals surface area contributed by atoms with Gasteiger partial charge < -0.3 is 15.3 Å². The van der Waals surface area contributed by atoms with Gasteiger partial charge in [0, 0.05) is 19.2 Å². The van der Waals surface area contributed by atoms with Gasteiger partial charge >= 0.3 is 5.97 Å². The molecule has 1 fully saturated rings. The second-order valence-electron chi connectivity index (χ2n) is 5.78. The number of benzene rings is 1. The molecule has 0 radical (unpaired) electrons. The second kappa shape index (κ2) is 6.60. The van der Waals surface area contributed by atoms with Crippen molar-refractivity contribution in [1.29, 1.82) is 0 Å². The van der Waals surface area contributed by atoms with Gasteiger partial charge in [-0.1, -0.05) is 24.6 Å². The van der Waals surface area contributed by atoms with Gasteiger partial charge in [-0.2, -0.15) is 0 Å². The Morgan fingerprint density at radius 2 is 1.86 bits per heavy atom. The van der Waals surface area contributed by atoms with E-state index >= 15 is 0 Å². The van der Waals surface area contributed by atoms with Gasteiger partial charge in [-0.25, -0.2) is 0 Å². The molecule has 1 aromatic rings. The van der Waals surface area contributed by atoms with E-state index in [4.69, 9.17) is 0 Å². The van der Waals surface area contributed by atoms with Crippen molar-refractivity contribution in [2.24, 2.45) is 5.41 Å². The normalized spacial score (nSPS) is 15.5. The fourth-order valence-corrected chi connectivity index (χ4v) is 2.52. The molecule has 0 unspecified atom stereocenters. The summed E-state index contributed by atoms with van der Waals surface area (Å²) in [6.07, 6.45) is 1.84. The summed E-state index contributed by atoms with van der Waals surface area (Å²) in [5.41, 5.74) is -0.268. The van der Waals surface area contributed by atoms with E-state index in [1.807, 2.05) is 6.07 Å². The fraction of sp³-hybridized carbons (Fsp3) is 0.438. The van der Waals surface area contributed by atoms with E-state index in [0.717, 1.165) is 6.42 Å². The molecule has 0 atom stereocenters. The molecule has 0 bridgehead atoms. The number of carboxylic acids is 1. The summed E-state index contributed by atoms with van der Waals surface area (Å²) < 4.78 is 0. The Bertz CT molecular complexity index is 567. The molecule has 0 aromatic heterocycles.